The van der Waals surface area contributed by atoms with Crippen molar-refractivity contribution >= 4 is 0 Å². The maximum Gasteiger partial charge on any atom is 0.0107 e. The molecule has 0 bridgehead atoms. The molecule has 0 atom stereocenters. The van der Waals surface area contributed by atoms with Crippen LogP contribution in [0.3, 0.4) is 0 Å². The summed E-state index contributed by atoms with van der Waals surface area (Å²) in [5, 5.41) is 3.52. The van der Waals surface area contributed by atoms with E-state index in [1.807, 2.05) is 0 Å². The van der Waals surface area contributed by atoms with Crippen LogP contribution in [0.5, 0.6) is 0 Å². The second-order valence-electron chi connectivity index (χ2n) is 4.19. The van der Waals surface area contributed by atoms with Crippen LogP contribution in [0.1, 0.15) is 52.9 Å². The minimum atomic E-state index is 1.15. The minimum absolute atomic E-state index is 1.15. The Bertz CT molecular complexity index is 111. The van der Waals surface area contributed by atoms with Crippen LogP contribution < -0.4 is 5.32 Å². The van der Waals surface area contributed by atoms with E-state index < -0.39 is 0 Å². The Hall–Kier alpha value is -0.0800. The van der Waals surface area contributed by atoms with E-state index in [2.05, 4.69) is 31.0 Å². The van der Waals surface area contributed by atoms with Gasteiger partial charge in [0, 0.05) is 13.1 Å². The highest BCUT2D eigenvalue weighted by molar-refractivity contribution is 4.55. The molecule has 15 heavy (non-hydrogen) atoms. The first-order valence-corrected chi connectivity index (χ1v) is 6.78. The molecule has 0 aliphatic rings. The van der Waals surface area contributed by atoms with Crippen LogP contribution in [0.25, 0.3) is 0 Å². The van der Waals surface area contributed by atoms with Crippen molar-refractivity contribution in [2.75, 3.05) is 32.7 Å². The first kappa shape index (κ1) is 14.9. The van der Waals surface area contributed by atoms with Crippen LogP contribution in [-0.2, 0) is 0 Å². The average molecular weight is 214 g/mol. The highest BCUT2D eigenvalue weighted by Crippen LogP contribution is 2.00. The molecule has 0 aliphatic carbocycles. The van der Waals surface area contributed by atoms with E-state index in [9.17, 15) is 0 Å². The smallest absolute Gasteiger partial charge is 0.0107 e. The molecule has 0 saturated heterocycles. The molecule has 0 aromatic rings. The Balaban J connectivity index is 3.04. The van der Waals surface area contributed by atoms with Crippen LogP contribution >= 0.6 is 0 Å². The zero-order valence-electron chi connectivity index (χ0n) is 11.0. The van der Waals surface area contributed by atoms with Gasteiger partial charge in [0.1, 0.15) is 0 Å². The minimum Gasteiger partial charge on any atom is -0.315 e. The predicted molar refractivity (Wildman–Crippen MR) is 69.4 cm³/mol. The van der Waals surface area contributed by atoms with Gasteiger partial charge in [-0.25, -0.2) is 0 Å². The number of rotatable bonds is 11. The van der Waals surface area contributed by atoms with Crippen molar-refractivity contribution in [1.82, 2.24) is 10.2 Å². The summed E-state index contributed by atoms with van der Waals surface area (Å²) in [6.07, 6.45) is 6.90. The number of nitrogens with one attached hydrogen (secondary N) is 1. The van der Waals surface area contributed by atoms with Gasteiger partial charge in [-0.05, 0) is 26.1 Å². The van der Waals surface area contributed by atoms with E-state index in [-0.39, 0.29) is 0 Å². The second kappa shape index (κ2) is 12.0. The number of hydrogen-bond acceptors (Lipinski definition) is 2. The standard InChI is InChI=1S/C13H30N2/c1-4-7-8-9-10-11-14-12-13-15(5-2)6-3/h14H,4-13H2,1-3H3. The summed E-state index contributed by atoms with van der Waals surface area (Å²) in [5.74, 6) is 0. The van der Waals surface area contributed by atoms with Crippen molar-refractivity contribution in [2.45, 2.75) is 52.9 Å². The summed E-state index contributed by atoms with van der Waals surface area (Å²) in [6.45, 7) is 12.6. The van der Waals surface area contributed by atoms with Crippen LogP contribution in [0.2, 0.25) is 0 Å². The Kier molecular flexibility index (Phi) is 11.9. The molecule has 1 N–H and O–H groups in total. The van der Waals surface area contributed by atoms with E-state index in [0.29, 0.717) is 0 Å². The third-order valence-electron chi connectivity index (χ3n) is 2.96. The molecule has 0 radical (unpaired) electrons. The van der Waals surface area contributed by atoms with Gasteiger partial charge in [-0.1, -0.05) is 46.5 Å². The van der Waals surface area contributed by atoms with Crippen LogP contribution in [-0.4, -0.2) is 37.6 Å². The summed E-state index contributed by atoms with van der Waals surface area (Å²) in [5.41, 5.74) is 0. The molecule has 0 aliphatic heterocycles. The van der Waals surface area contributed by atoms with Crippen molar-refractivity contribution in [1.29, 1.82) is 0 Å². The summed E-state index contributed by atoms with van der Waals surface area (Å²) >= 11 is 0. The second-order valence-corrected chi connectivity index (χ2v) is 4.19. The quantitative estimate of drug-likeness (QED) is 0.532. The third kappa shape index (κ3) is 10.2. The molecule has 0 rings (SSSR count). The lowest BCUT2D eigenvalue weighted by atomic mass is 10.1. The molecule has 0 aromatic carbocycles. The average Bonchev–Trinajstić information content (AvgIpc) is 2.27. The molecule has 92 valence electrons. The van der Waals surface area contributed by atoms with E-state index in [1.165, 1.54) is 58.3 Å². The summed E-state index contributed by atoms with van der Waals surface area (Å²) in [4.78, 5) is 2.46. The van der Waals surface area contributed by atoms with Crippen molar-refractivity contribution in [2.24, 2.45) is 0 Å². The number of hydrogen-bond donors (Lipinski definition) is 1. The topological polar surface area (TPSA) is 15.3 Å². The number of likely N-dealkylation sites (N-methyl/N-ethyl adjacent to an activating group) is 1. The molecule has 2 nitrogen and oxygen atoms in total. The van der Waals surface area contributed by atoms with Crippen LogP contribution in [0, 0.1) is 0 Å². The lowest BCUT2D eigenvalue weighted by molar-refractivity contribution is 0.302. The summed E-state index contributed by atoms with van der Waals surface area (Å²) < 4.78 is 0. The predicted octanol–water partition coefficient (Wildman–Crippen LogP) is 2.89. The monoisotopic (exact) mass is 214 g/mol. The van der Waals surface area contributed by atoms with Gasteiger partial charge in [-0.3, -0.25) is 0 Å². The van der Waals surface area contributed by atoms with Gasteiger partial charge < -0.3 is 10.2 Å². The summed E-state index contributed by atoms with van der Waals surface area (Å²) in [6, 6.07) is 0. The fraction of sp³-hybridized carbons (Fsp3) is 1.00. The van der Waals surface area contributed by atoms with Crippen molar-refractivity contribution in [3.63, 3.8) is 0 Å². The molecule has 0 heterocycles. The number of nitrogens with zero attached hydrogens (tertiary/aromatic N) is 1. The molecule has 0 fully saturated rings. The molecule has 0 saturated carbocycles. The van der Waals surface area contributed by atoms with Gasteiger partial charge in [-0.15, -0.1) is 0 Å². The van der Waals surface area contributed by atoms with E-state index in [0.717, 1.165) is 6.54 Å². The first-order chi connectivity index (χ1) is 7.35. The van der Waals surface area contributed by atoms with Gasteiger partial charge in [0.2, 0.25) is 0 Å². The third-order valence-corrected chi connectivity index (χ3v) is 2.96. The van der Waals surface area contributed by atoms with E-state index in [1.54, 1.807) is 0 Å². The molecule has 0 aromatic heterocycles. The lowest BCUT2D eigenvalue weighted by Crippen LogP contribution is -2.32. The molecular weight excluding hydrogens is 184 g/mol. The largest absolute Gasteiger partial charge is 0.315 e. The fourth-order valence-corrected chi connectivity index (χ4v) is 1.76. The van der Waals surface area contributed by atoms with Crippen molar-refractivity contribution in [3.05, 3.63) is 0 Å². The van der Waals surface area contributed by atoms with Crippen LogP contribution in [0.15, 0.2) is 0 Å². The first-order valence-electron chi connectivity index (χ1n) is 6.78. The van der Waals surface area contributed by atoms with Crippen molar-refractivity contribution in [3.8, 4) is 0 Å². The maximum absolute atomic E-state index is 3.52. The Morgan fingerprint density at radius 1 is 0.800 bits per heavy atom. The normalized spacial score (nSPS) is 11.2. The zero-order valence-corrected chi connectivity index (χ0v) is 11.0. The lowest BCUT2D eigenvalue weighted by Gasteiger charge is -2.17. The van der Waals surface area contributed by atoms with Gasteiger partial charge in [0.15, 0.2) is 0 Å². The Labute approximate surface area is 96.4 Å². The highest BCUT2D eigenvalue weighted by atomic mass is 15.1. The summed E-state index contributed by atoms with van der Waals surface area (Å²) in [7, 11) is 0. The maximum atomic E-state index is 3.52. The van der Waals surface area contributed by atoms with Crippen LogP contribution in [0.4, 0.5) is 0 Å². The molecule has 0 spiro atoms. The SMILES string of the molecule is CCCCCCCNCCN(CC)CC. The zero-order chi connectivity index (χ0) is 11.4. The van der Waals surface area contributed by atoms with Gasteiger partial charge in [0.25, 0.3) is 0 Å². The fourth-order valence-electron chi connectivity index (χ4n) is 1.76. The highest BCUT2D eigenvalue weighted by Gasteiger charge is 1.96. The van der Waals surface area contributed by atoms with Crippen molar-refractivity contribution < 1.29 is 0 Å². The molecule has 0 unspecified atom stereocenters. The Morgan fingerprint density at radius 3 is 2.07 bits per heavy atom. The number of unbranched alkanes of at least 4 members (excludes halogenated alkanes) is 4. The molecule has 0 amide bonds. The molecular formula is C13H30N2. The van der Waals surface area contributed by atoms with E-state index >= 15 is 0 Å². The van der Waals surface area contributed by atoms with Gasteiger partial charge >= 0.3 is 0 Å². The Morgan fingerprint density at radius 2 is 1.47 bits per heavy atom. The van der Waals surface area contributed by atoms with Gasteiger partial charge in [0.05, 0.1) is 0 Å². The van der Waals surface area contributed by atoms with E-state index in [4.69, 9.17) is 0 Å². The molecule has 2 heteroatoms. The van der Waals surface area contributed by atoms with Gasteiger partial charge in [-0.2, -0.15) is 0 Å².